The van der Waals surface area contributed by atoms with Gasteiger partial charge in [-0.25, -0.2) is 9.78 Å². The van der Waals surface area contributed by atoms with Crippen LogP contribution in [0.4, 0.5) is 10.5 Å². The van der Waals surface area contributed by atoms with Gasteiger partial charge in [0.1, 0.15) is 0 Å². The molecule has 1 aromatic carbocycles. The normalized spacial score (nSPS) is 16.0. The fourth-order valence-corrected chi connectivity index (χ4v) is 3.20. The van der Waals surface area contributed by atoms with Gasteiger partial charge in [0.15, 0.2) is 5.15 Å². The molecular formula is C17H18ClN3O2. The fraction of sp³-hybridized carbons (Fsp3) is 0.294. The van der Waals surface area contributed by atoms with Gasteiger partial charge in [-0.3, -0.25) is 0 Å². The summed E-state index contributed by atoms with van der Waals surface area (Å²) in [4.78, 5) is 18.3. The molecule has 0 fully saturated rings. The van der Waals surface area contributed by atoms with Crippen molar-refractivity contribution in [3.8, 4) is 0 Å². The summed E-state index contributed by atoms with van der Waals surface area (Å²) in [5, 5.41) is 12.4. The molecule has 2 amide bonds. The summed E-state index contributed by atoms with van der Waals surface area (Å²) in [7, 11) is 0. The second kappa shape index (κ2) is 6.98. The topological polar surface area (TPSA) is 65.5 Å². The molecule has 0 saturated heterocycles. The number of pyridine rings is 1. The zero-order valence-corrected chi connectivity index (χ0v) is 13.3. The largest absolute Gasteiger partial charge is 0.395 e. The van der Waals surface area contributed by atoms with Crippen molar-refractivity contribution in [2.45, 2.75) is 18.9 Å². The van der Waals surface area contributed by atoms with Crippen molar-refractivity contribution >= 4 is 23.3 Å². The number of amides is 2. The highest BCUT2D eigenvalue weighted by Gasteiger charge is 2.30. The summed E-state index contributed by atoms with van der Waals surface area (Å²) in [6.07, 6.45) is 3.36. The molecule has 23 heavy (non-hydrogen) atoms. The molecule has 1 aliphatic rings. The van der Waals surface area contributed by atoms with Crippen LogP contribution in [0.5, 0.6) is 0 Å². The van der Waals surface area contributed by atoms with E-state index in [9.17, 15) is 9.90 Å². The Hall–Kier alpha value is -2.11. The van der Waals surface area contributed by atoms with E-state index in [4.69, 9.17) is 11.6 Å². The lowest BCUT2D eigenvalue weighted by atomic mass is 10.1. The van der Waals surface area contributed by atoms with E-state index in [0.29, 0.717) is 5.69 Å². The number of hydrogen-bond donors (Lipinski definition) is 2. The van der Waals surface area contributed by atoms with Crippen LogP contribution >= 0.6 is 11.6 Å². The second-order valence-corrected chi connectivity index (χ2v) is 5.80. The lowest BCUT2D eigenvalue weighted by molar-refractivity contribution is 0.162. The monoisotopic (exact) mass is 331 g/mol. The van der Waals surface area contributed by atoms with Crippen molar-refractivity contribution in [1.29, 1.82) is 0 Å². The van der Waals surface area contributed by atoms with Gasteiger partial charge in [-0.2, -0.15) is 0 Å². The summed E-state index contributed by atoms with van der Waals surface area (Å²) in [6.45, 7) is 0.176. The van der Waals surface area contributed by atoms with Crippen molar-refractivity contribution in [2.24, 2.45) is 0 Å². The SMILES string of the molecule is O=C(Nc1cccnc1Cl)N(CCO)C1CCc2ccccc21. The van der Waals surface area contributed by atoms with Crippen LogP contribution < -0.4 is 5.32 Å². The van der Waals surface area contributed by atoms with E-state index in [1.807, 2.05) is 18.2 Å². The maximum Gasteiger partial charge on any atom is 0.322 e. The molecule has 1 atom stereocenters. The number of halogens is 1. The summed E-state index contributed by atoms with van der Waals surface area (Å²) < 4.78 is 0. The Morgan fingerprint density at radius 2 is 2.17 bits per heavy atom. The third-order valence-electron chi connectivity index (χ3n) is 4.08. The highest BCUT2D eigenvalue weighted by atomic mass is 35.5. The van der Waals surface area contributed by atoms with Gasteiger partial charge in [-0.05, 0) is 36.1 Å². The van der Waals surface area contributed by atoms with Gasteiger partial charge in [0.25, 0.3) is 0 Å². The number of aromatic nitrogens is 1. The van der Waals surface area contributed by atoms with Crippen molar-refractivity contribution < 1.29 is 9.90 Å². The van der Waals surface area contributed by atoms with Crippen LogP contribution in [-0.2, 0) is 6.42 Å². The second-order valence-electron chi connectivity index (χ2n) is 5.44. The van der Waals surface area contributed by atoms with Crippen molar-refractivity contribution in [2.75, 3.05) is 18.5 Å². The number of aryl methyl sites for hydroxylation is 1. The number of benzene rings is 1. The number of fused-ring (bicyclic) bond motifs is 1. The highest BCUT2D eigenvalue weighted by Crippen LogP contribution is 2.35. The third kappa shape index (κ3) is 3.30. The molecule has 1 aliphatic carbocycles. The molecule has 5 nitrogen and oxygen atoms in total. The van der Waals surface area contributed by atoms with Gasteiger partial charge < -0.3 is 15.3 Å². The predicted octanol–water partition coefficient (Wildman–Crippen LogP) is 3.25. The van der Waals surface area contributed by atoms with Crippen LogP contribution in [0.3, 0.4) is 0 Å². The Morgan fingerprint density at radius 3 is 2.96 bits per heavy atom. The Bertz CT molecular complexity index is 708. The lowest BCUT2D eigenvalue weighted by Crippen LogP contribution is -2.39. The van der Waals surface area contributed by atoms with Gasteiger partial charge in [-0.15, -0.1) is 0 Å². The van der Waals surface area contributed by atoms with Crippen molar-refractivity contribution in [3.05, 3.63) is 58.9 Å². The molecule has 0 aliphatic heterocycles. The van der Waals surface area contributed by atoms with Gasteiger partial charge in [0.2, 0.25) is 0 Å². The van der Waals surface area contributed by atoms with Crippen molar-refractivity contribution in [3.63, 3.8) is 0 Å². The van der Waals surface area contributed by atoms with E-state index in [0.717, 1.165) is 18.4 Å². The molecule has 0 spiro atoms. The average Bonchev–Trinajstić information content (AvgIpc) is 2.98. The zero-order valence-electron chi connectivity index (χ0n) is 12.6. The summed E-state index contributed by atoms with van der Waals surface area (Å²) >= 11 is 6.00. The number of nitrogens with one attached hydrogen (secondary N) is 1. The molecule has 0 bridgehead atoms. The average molecular weight is 332 g/mol. The highest BCUT2D eigenvalue weighted by molar-refractivity contribution is 6.32. The summed E-state index contributed by atoms with van der Waals surface area (Å²) in [5.41, 5.74) is 2.87. The molecule has 0 saturated carbocycles. The van der Waals surface area contributed by atoms with Crippen LogP contribution in [0.1, 0.15) is 23.6 Å². The third-order valence-corrected chi connectivity index (χ3v) is 4.38. The number of aliphatic hydroxyl groups excluding tert-OH is 1. The van der Waals surface area contributed by atoms with E-state index in [1.54, 1.807) is 23.2 Å². The standard InChI is InChI=1S/C17H18ClN3O2/c18-16-14(6-3-9-19-16)20-17(23)21(10-11-22)15-8-7-12-4-1-2-5-13(12)15/h1-6,9,15,22H,7-8,10-11H2,(H,20,23). The zero-order chi connectivity index (χ0) is 16.2. The molecule has 1 aromatic heterocycles. The molecule has 1 heterocycles. The van der Waals surface area contributed by atoms with Crippen LogP contribution in [0.25, 0.3) is 0 Å². The van der Waals surface area contributed by atoms with Crippen LogP contribution in [0, 0.1) is 0 Å². The Balaban J connectivity index is 1.82. The maximum atomic E-state index is 12.7. The molecule has 1 unspecified atom stereocenters. The number of urea groups is 1. The maximum absolute atomic E-state index is 12.7. The van der Waals surface area contributed by atoms with Gasteiger partial charge >= 0.3 is 6.03 Å². The molecule has 2 aromatic rings. The molecule has 3 rings (SSSR count). The first kappa shape index (κ1) is 15.8. The quantitative estimate of drug-likeness (QED) is 0.845. The first-order valence-electron chi connectivity index (χ1n) is 7.57. The van der Waals surface area contributed by atoms with E-state index >= 15 is 0 Å². The molecule has 0 radical (unpaired) electrons. The number of carbonyl (C=O) groups excluding carboxylic acids is 1. The number of anilines is 1. The number of nitrogens with zero attached hydrogens (tertiary/aromatic N) is 2. The minimum atomic E-state index is -0.282. The Labute approximate surface area is 139 Å². The van der Waals surface area contributed by atoms with E-state index in [1.165, 1.54) is 5.56 Å². The molecule has 2 N–H and O–H groups in total. The minimum absolute atomic E-state index is 0.0335. The van der Waals surface area contributed by atoms with Gasteiger partial charge in [0, 0.05) is 12.7 Å². The number of hydrogen-bond acceptors (Lipinski definition) is 3. The molecular weight excluding hydrogens is 314 g/mol. The molecule has 6 heteroatoms. The number of rotatable bonds is 4. The van der Waals surface area contributed by atoms with E-state index < -0.39 is 0 Å². The van der Waals surface area contributed by atoms with Gasteiger partial charge in [-0.1, -0.05) is 35.9 Å². The fourth-order valence-electron chi connectivity index (χ4n) is 3.03. The summed E-state index contributed by atoms with van der Waals surface area (Å²) in [5.74, 6) is 0. The molecule has 120 valence electrons. The smallest absolute Gasteiger partial charge is 0.322 e. The summed E-state index contributed by atoms with van der Waals surface area (Å²) in [6, 6.07) is 11.2. The minimum Gasteiger partial charge on any atom is -0.395 e. The number of aliphatic hydroxyl groups is 1. The van der Waals surface area contributed by atoms with Crippen LogP contribution in [0.15, 0.2) is 42.6 Å². The predicted molar refractivity (Wildman–Crippen MR) is 89.6 cm³/mol. The van der Waals surface area contributed by atoms with Crippen molar-refractivity contribution in [1.82, 2.24) is 9.88 Å². The Kier molecular flexibility index (Phi) is 4.79. The van der Waals surface area contributed by atoms with Gasteiger partial charge in [0.05, 0.1) is 18.3 Å². The van der Waals surface area contributed by atoms with Crippen LogP contribution in [-0.4, -0.2) is 34.2 Å². The number of carbonyl (C=O) groups is 1. The lowest BCUT2D eigenvalue weighted by Gasteiger charge is -2.29. The first-order valence-corrected chi connectivity index (χ1v) is 7.95. The first-order chi connectivity index (χ1) is 11.2. The van der Waals surface area contributed by atoms with E-state index in [2.05, 4.69) is 16.4 Å². The van der Waals surface area contributed by atoms with Crippen LogP contribution in [0.2, 0.25) is 5.15 Å². The van der Waals surface area contributed by atoms with E-state index in [-0.39, 0.29) is 30.4 Å². The Morgan fingerprint density at radius 1 is 1.35 bits per heavy atom.